The summed E-state index contributed by atoms with van der Waals surface area (Å²) >= 11 is 6.20. The Morgan fingerprint density at radius 2 is 1.68 bits per heavy atom. The Morgan fingerprint density at radius 3 is 2.35 bits per heavy atom. The van der Waals surface area contributed by atoms with Gasteiger partial charge in [0, 0.05) is 29.2 Å². The fourth-order valence-electron chi connectivity index (χ4n) is 3.21. The minimum Gasteiger partial charge on any atom is -0.331 e. The number of nitrogens with one attached hydrogen (secondary N) is 1. The number of aromatic nitrogens is 4. The highest BCUT2D eigenvalue weighted by molar-refractivity contribution is 6.66. The molecule has 142 valence electrons. The molecule has 4 aromatic rings. The van der Waals surface area contributed by atoms with Gasteiger partial charge in [0.1, 0.15) is 43.0 Å². The maximum Gasteiger partial charge on any atom is 0.257 e. The molecule has 8 radical (unpaired) electrons. The van der Waals surface area contributed by atoms with Gasteiger partial charge in [0.2, 0.25) is 0 Å². The first-order valence-electron chi connectivity index (χ1n) is 9.16. The fourth-order valence-corrected chi connectivity index (χ4v) is 3.50. The Hall–Kier alpha value is -2.99. The van der Waals surface area contributed by atoms with Gasteiger partial charge in [-0.2, -0.15) is 0 Å². The Kier molecular flexibility index (Phi) is 5.43. The maximum absolute atomic E-state index is 12.8. The molecule has 4 rings (SSSR count). The Balaban J connectivity index is 1.71. The molecular weight excluding hydrogens is 405 g/mol. The van der Waals surface area contributed by atoms with Crippen molar-refractivity contribution in [3.05, 3.63) is 47.1 Å². The van der Waals surface area contributed by atoms with E-state index in [-0.39, 0.29) is 38.3 Å². The second-order valence-electron chi connectivity index (χ2n) is 7.03. The van der Waals surface area contributed by atoms with Crippen molar-refractivity contribution in [1.29, 1.82) is 0 Å². The molecule has 3 aromatic heterocycles. The van der Waals surface area contributed by atoms with E-state index >= 15 is 0 Å². The van der Waals surface area contributed by atoms with Crippen molar-refractivity contribution in [2.24, 2.45) is 7.05 Å². The molecule has 0 fully saturated rings. The lowest BCUT2D eigenvalue weighted by molar-refractivity contribution is 0.102. The molecule has 1 amide bonds. The third-order valence-corrected chi connectivity index (χ3v) is 5.54. The van der Waals surface area contributed by atoms with Gasteiger partial charge in [0.15, 0.2) is 0 Å². The van der Waals surface area contributed by atoms with E-state index in [4.69, 9.17) is 43.0 Å². The number of amides is 1. The van der Waals surface area contributed by atoms with Crippen LogP contribution in [0, 0.1) is 6.92 Å². The number of carbonyl (C=O) groups is 1. The molecule has 0 saturated carbocycles. The van der Waals surface area contributed by atoms with Crippen LogP contribution in [0.15, 0.2) is 30.7 Å². The van der Waals surface area contributed by atoms with Crippen molar-refractivity contribution in [2.75, 3.05) is 5.32 Å². The maximum atomic E-state index is 12.8. The third kappa shape index (κ3) is 3.65. The molecule has 3 heterocycles. The van der Waals surface area contributed by atoms with E-state index in [9.17, 15) is 4.79 Å². The molecule has 0 spiro atoms. The van der Waals surface area contributed by atoms with Crippen LogP contribution in [0.25, 0.3) is 22.2 Å². The molecule has 0 saturated heterocycles. The number of pyridine rings is 2. The molecule has 1 N–H and O–H groups in total. The topological polar surface area (TPSA) is 72.7 Å². The summed E-state index contributed by atoms with van der Waals surface area (Å²) in [5, 5.41) is 3.37. The number of fused-ring (bicyclic) bond motifs is 1. The van der Waals surface area contributed by atoms with Crippen LogP contribution in [-0.4, -0.2) is 56.8 Å². The summed E-state index contributed by atoms with van der Waals surface area (Å²) in [5.41, 5.74) is 2.37. The van der Waals surface area contributed by atoms with E-state index in [1.165, 1.54) is 0 Å². The highest BCUT2D eigenvalue weighted by atomic mass is 35.5. The number of rotatable bonds is 3. The Bertz CT molecular complexity index is 1340. The van der Waals surface area contributed by atoms with Crippen molar-refractivity contribution < 1.29 is 4.79 Å². The number of benzene rings is 1. The van der Waals surface area contributed by atoms with Gasteiger partial charge in [-0.15, -0.1) is 10.9 Å². The lowest BCUT2D eigenvalue weighted by Gasteiger charge is -2.18. The van der Waals surface area contributed by atoms with Gasteiger partial charge in [-0.1, -0.05) is 22.5 Å². The first-order chi connectivity index (χ1) is 14.7. The lowest BCUT2D eigenvalue weighted by atomic mass is 9.65. The highest BCUT2D eigenvalue weighted by Crippen LogP contribution is 2.24. The first-order valence-corrected chi connectivity index (χ1v) is 9.54. The number of aryl methyl sites for hydroxylation is 1. The van der Waals surface area contributed by atoms with Gasteiger partial charge in [0.25, 0.3) is 5.91 Å². The predicted molar refractivity (Wildman–Crippen MR) is 127 cm³/mol. The number of carbonyl (C=O) groups excluding carboxylic acids is 1. The van der Waals surface area contributed by atoms with Crippen molar-refractivity contribution in [1.82, 2.24) is 19.5 Å². The molecule has 6 nitrogen and oxygen atoms in total. The monoisotopic (exact) mass is 417 g/mol. The van der Waals surface area contributed by atoms with Crippen molar-refractivity contribution in [3.63, 3.8) is 0 Å². The Labute approximate surface area is 189 Å². The van der Waals surface area contributed by atoms with Gasteiger partial charge in [0.05, 0.1) is 29.2 Å². The average molecular weight is 417 g/mol. The number of anilines is 1. The second kappa shape index (κ2) is 7.93. The first kappa shape index (κ1) is 21.2. The molecule has 0 unspecified atom stereocenters. The number of halogens is 1. The van der Waals surface area contributed by atoms with Crippen LogP contribution in [0.2, 0.25) is 5.02 Å². The molecule has 0 aliphatic heterocycles. The number of hydrogen-bond donors (Lipinski definition) is 1. The highest BCUT2D eigenvalue weighted by Gasteiger charge is 2.19. The standard InChI is InChI=1S/C20H12B4ClN5O/c1-8-26-7-12(30(8)2)10-3-9-4-13(28-6-11(9)27-5-10)29-20(31)14-15(21)16(22)17(23)18(24)19(14)25/h3-7H,1-2H3,(H,28,29,31). The zero-order valence-corrected chi connectivity index (χ0v) is 17.5. The van der Waals surface area contributed by atoms with Crippen molar-refractivity contribution in [2.45, 2.75) is 6.92 Å². The fraction of sp³-hybridized carbons (Fsp3) is 0.100. The SMILES string of the molecule is [B]c1c([B])c([B])c(C(=O)Nc2cc3cc(-c4cnc(C)n4C)cnc3cn2)c(Cl)c1[B]. The van der Waals surface area contributed by atoms with E-state index in [1.807, 2.05) is 24.6 Å². The van der Waals surface area contributed by atoms with Gasteiger partial charge in [-0.25, -0.2) is 9.97 Å². The molecule has 31 heavy (non-hydrogen) atoms. The summed E-state index contributed by atoms with van der Waals surface area (Å²) in [5.74, 6) is 0.551. The summed E-state index contributed by atoms with van der Waals surface area (Å²) in [4.78, 5) is 25.8. The average Bonchev–Trinajstić information content (AvgIpc) is 3.09. The molecule has 0 bridgehead atoms. The van der Waals surface area contributed by atoms with E-state index < -0.39 is 5.91 Å². The van der Waals surface area contributed by atoms with Gasteiger partial charge >= 0.3 is 0 Å². The van der Waals surface area contributed by atoms with Crippen LogP contribution in [0.4, 0.5) is 5.82 Å². The minimum absolute atomic E-state index is 0.00108. The van der Waals surface area contributed by atoms with E-state index in [0.717, 1.165) is 22.5 Å². The molecular formula is C20H12B4ClN5O. The molecule has 0 aliphatic carbocycles. The van der Waals surface area contributed by atoms with Gasteiger partial charge < -0.3 is 9.88 Å². The van der Waals surface area contributed by atoms with E-state index in [0.29, 0.717) is 5.52 Å². The summed E-state index contributed by atoms with van der Waals surface area (Å²) < 4.78 is 1.97. The lowest BCUT2D eigenvalue weighted by Crippen LogP contribution is -2.50. The van der Waals surface area contributed by atoms with Crippen molar-refractivity contribution >= 4 is 87.5 Å². The molecule has 1 aromatic carbocycles. The number of imidazole rings is 1. The summed E-state index contributed by atoms with van der Waals surface area (Å²) in [7, 11) is 25.3. The Morgan fingerprint density at radius 1 is 0.968 bits per heavy atom. The normalized spacial score (nSPS) is 11.1. The van der Waals surface area contributed by atoms with E-state index in [1.54, 1.807) is 24.7 Å². The third-order valence-electron chi connectivity index (χ3n) is 5.15. The van der Waals surface area contributed by atoms with Gasteiger partial charge in [-0.05, 0) is 19.1 Å². The zero-order valence-electron chi connectivity index (χ0n) is 16.8. The van der Waals surface area contributed by atoms with Crippen LogP contribution in [-0.2, 0) is 7.05 Å². The number of nitrogens with zero attached hydrogens (tertiary/aromatic N) is 4. The second-order valence-corrected chi connectivity index (χ2v) is 7.41. The summed E-state index contributed by atoms with van der Waals surface area (Å²) in [6, 6.07) is 3.64. The molecule has 0 aliphatic rings. The van der Waals surface area contributed by atoms with Crippen LogP contribution < -0.4 is 27.2 Å². The smallest absolute Gasteiger partial charge is 0.257 e. The quantitative estimate of drug-likeness (QED) is 0.453. The van der Waals surface area contributed by atoms with Crippen LogP contribution in [0.3, 0.4) is 0 Å². The van der Waals surface area contributed by atoms with Crippen LogP contribution in [0.1, 0.15) is 16.2 Å². The summed E-state index contributed by atoms with van der Waals surface area (Å²) in [6.45, 7) is 1.92. The van der Waals surface area contributed by atoms with Crippen molar-refractivity contribution in [3.8, 4) is 11.3 Å². The van der Waals surface area contributed by atoms with Gasteiger partial charge in [-0.3, -0.25) is 9.78 Å². The number of hydrogen-bond acceptors (Lipinski definition) is 4. The predicted octanol–water partition coefficient (Wildman–Crippen LogP) is -0.580. The van der Waals surface area contributed by atoms with E-state index in [2.05, 4.69) is 20.3 Å². The largest absolute Gasteiger partial charge is 0.331 e. The minimum atomic E-state index is -0.612. The van der Waals surface area contributed by atoms with Crippen LogP contribution >= 0.6 is 11.6 Å². The zero-order chi connectivity index (χ0) is 22.4. The summed E-state index contributed by atoms with van der Waals surface area (Å²) in [6.07, 6.45) is 5.09. The van der Waals surface area contributed by atoms with Crippen LogP contribution in [0.5, 0.6) is 0 Å². The molecule has 11 heteroatoms. The molecule has 0 atom stereocenters.